The number of likely N-dealkylation sites (N-methyl/N-ethyl adjacent to an activating group) is 1. The lowest BCUT2D eigenvalue weighted by Crippen LogP contribution is -2.32. The van der Waals surface area contributed by atoms with Crippen molar-refractivity contribution in [3.63, 3.8) is 0 Å². The number of hydrogen-bond acceptors (Lipinski definition) is 9. The van der Waals surface area contributed by atoms with Crippen LogP contribution in [-0.4, -0.2) is 78.0 Å². The number of ether oxygens (including phenoxy) is 2. The van der Waals surface area contributed by atoms with Crippen molar-refractivity contribution >= 4 is 64.0 Å². The Morgan fingerprint density at radius 3 is 2.33 bits per heavy atom. The molecule has 0 spiro atoms. The van der Waals surface area contributed by atoms with Crippen molar-refractivity contribution in [3.8, 4) is 11.5 Å². The summed E-state index contributed by atoms with van der Waals surface area (Å²) in [6, 6.07) is 2.64. The normalized spacial score (nSPS) is 11.5. The first-order valence-electron chi connectivity index (χ1n) is 11.9. The molecule has 0 saturated carbocycles. The molecule has 13 nitrogen and oxygen atoms in total. The van der Waals surface area contributed by atoms with Gasteiger partial charge in [-0.1, -0.05) is 29.8 Å². The minimum Gasteiger partial charge on any atom is -0.495 e. The first kappa shape index (κ1) is 30.5. The number of methoxy groups -OCH3 is 2. The highest BCUT2D eigenvalue weighted by atomic mass is 35.5. The molecule has 15 heteroatoms. The van der Waals surface area contributed by atoms with Crippen LogP contribution in [0.4, 0.5) is 33.6 Å². The fourth-order valence-electron chi connectivity index (χ4n) is 3.33. The highest BCUT2D eigenvalue weighted by Gasteiger charge is 2.22. The Labute approximate surface area is 242 Å². The molecule has 0 aliphatic carbocycles. The summed E-state index contributed by atoms with van der Waals surface area (Å²) in [4.78, 5) is 36.8. The van der Waals surface area contributed by atoms with Crippen molar-refractivity contribution in [1.82, 2.24) is 24.6 Å². The van der Waals surface area contributed by atoms with Crippen molar-refractivity contribution in [3.05, 3.63) is 47.4 Å². The van der Waals surface area contributed by atoms with Crippen molar-refractivity contribution in [1.29, 1.82) is 0 Å². The third kappa shape index (κ3) is 7.11. The van der Waals surface area contributed by atoms with Gasteiger partial charge in [0.15, 0.2) is 5.82 Å². The zero-order valence-electron chi connectivity index (χ0n) is 23.0. The minimum absolute atomic E-state index is 0.105. The third-order valence-electron chi connectivity index (χ3n) is 5.89. The summed E-state index contributed by atoms with van der Waals surface area (Å²) >= 11 is 12.8. The number of halogens is 2. The molecule has 1 aromatic carbocycles. The average Bonchev–Trinajstić information content (AvgIpc) is 3.30. The number of carbonyl (C=O) groups is 2. The fourth-order valence-corrected chi connectivity index (χ4v) is 3.92. The van der Waals surface area contributed by atoms with Crippen LogP contribution in [0, 0.1) is 0 Å². The van der Waals surface area contributed by atoms with Crippen LogP contribution in [0.5, 0.6) is 11.5 Å². The number of anilines is 5. The Morgan fingerprint density at radius 1 is 1.10 bits per heavy atom. The highest BCUT2D eigenvalue weighted by molar-refractivity contribution is 6.41. The van der Waals surface area contributed by atoms with Gasteiger partial charge in [0.1, 0.15) is 45.2 Å². The van der Waals surface area contributed by atoms with Crippen LogP contribution in [0.1, 0.15) is 6.92 Å². The maximum absolute atomic E-state index is 13.1. The molecule has 0 saturated heterocycles. The quantitative estimate of drug-likeness (QED) is 0.275. The number of carbonyl (C=O) groups excluding carboxylic acids is 2. The predicted molar refractivity (Wildman–Crippen MR) is 157 cm³/mol. The summed E-state index contributed by atoms with van der Waals surface area (Å²) in [5.41, 5.74) is 0.544. The summed E-state index contributed by atoms with van der Waals surface area (Å²) in [5.74, 6) is 1.06. The molecule has 1 unspecified atom stereocenters. The van der Waals surface area contributed by atoms with Crippen LogP contribution < -0.4 is 30.3 Å². The summed E-state index contributed by atoms with van der Waals surface area (Å²) in [6.07, 6.45) is 4.15. The molecule has 0 bridgehead atoms. The van der Waals surface area contributed by atoms with E-state index in [1.54, 1.807) is 10.9 Å². The second-order valence-corrected chi connectivity index (χ2v) is 9.54. The Hall–Kier alpha value is -4.07. The van der Waals surface area contributed by atoms with Crippen molar-refractivity contribution in [2.75, 3.05) is 56.2 Å². The van der Waals surface area contributed by atoms with Crippen molar-refractivity contribution < 1.29 is 19.1 Å². The van der Waals surface area contributed by atoms with Crippen LogP contribution >= 0.6 is 23.2 Å². The van der Waals surface area contributed by atoms with Gasteiger partial charge in [-0.3, -0.25) is 14.4 Å². The SMILES string of the molecule is C=CC(=O)Nc1cn(CC(C)N(C)C)nc1Nc1cc(N(C)C(=O)Nc2c(Cl)c(OC)cc(OC)c2Cl)ncn1. The van der Waals surface area contributed by atoms with Gasteiger partial charge in [0.2, 0.25) is 5.91 Å². The largest absolute Gasteiger partial charge is 0.495 e. The molecule has 3 amide bonds. The monoisotopic (exact) mass is 591 g/mol. The molecule has 0 aliphatic heterocycles. The number of nitrogens with one attached hydrogen (secondary N) is 3. The van der Waals surface area contributed by atoms with Gasteiger partial charge in [-0.2, -0.15) is 5.10 Å². The molecule has 3 N–H and O–H groups in total. The zero-order chi connectivity index (χ0) is 29.6. The second-order valence-electron chi connectivity index (χ2n) is 8.78. The molecule has 3 aromatic rings. The maximum Gasteiger partial charge on any atom is 0.327 e. The summed E-state index contributed by atoms with van der Waals surface area (Å²) in [5, 5.41) is 13.2. The first-order valence-corrected chi connectivity index (χ1v) is 12.7. The molecule has 40 heavy (non-hydrogen) atoms. The lowest BCUT2D eigenvalue weighted by molar-refractivity contribution is -0.111. The summed E-state index contributed by atoms with van der Waals surface area (Å²) in [7, 11) is 8.31. The van der Waals surface area contributed by atoms with E-state index < -0.39 is 11.9 Å². The van der Waals surface area contributed by atoms with Gasteiger partial charge in [0.25, 0.3) is 0 Å². The fraction of sp³-hybridized carbons (Fsp3) is 0.320. The highest BCUT2D eigenvalue weighted by Crippen LogP contribution is 2.44. The molecular weight excluding hydrogens is 561 g/mol. The smallest absolute Gasteiger partial charge is 0.327 e. The molecule has 1 atom stereocenters. The van der Waals surface area contributed by atoms with E-state index in [0.717, 1.165) is 6.08 Å². The van der Waals surface area contributed by atoms with E-state index in [1.807, 2.05) is 14.1 Å². The molecular formula is C25H31Cl2N9O4. The average molecular weight is 592 g/mol. The number of rotatable bonds is 11. The minimum atomic E-state index is -0.593. The Kier molecular flexibility index (Phi) is 10.2. The molecule has 214 valence electrons. The lowest BCUT2D eigenvalue weighted by atomic mass is 10.2. The van der Waals surface area contributed by atoms with Gasteiger partial charge >= 0.3 is 6.03 Å². The van der Waals surface area contributed by atoms with Gasteiger partial charge < -0.3 is 30.3 Å². The maximum atomic E-state index is 13.1. The topological polar surface area (TPSA) is 139 Å². The third-order valence-corrected chi connectivity index (χ3v) is 6.64. The molecule has 2 heterocycles. The first-order chi connectivity index (χ1) is 19.0. The van der Waals surface area contributed by atoms with Gasteiger partial charge in [-0.25, -0.2) is 14.8 Å². The Morgan fingerprint density at radius 2 is 1.75 bits per heavy atom. The Bertz CT molecular complexity index is 1370. The molecule has 0 radical (unpaired) electrons. The van der Waals surface area contributed by atoms with E-state index in [1.165, 1.54) is 44.6 Å². The molecule has 2 aromatic heterocycles. The number of urea groups is 1. The van der Waals surface area contributed by atoms with E-state index >= 15 is 0 Å². The number of nitrogens with zero attached hydrogens (tertiary/aromatic N) is 6. The van der Waals surface area contributed by atoms with Crippen molar-refractivity contribution in [2.24, 2.45) is 0 Å². The number of hydrogen-bond donors (Lipinski definition) is 3. The number of benzene rings is 1. The summed E-state index contributed by atoms with van der Waals surface area (Å²) < 4.78 is 12.2. The van der Waals surface area contributed by atoms with Crippen LogP contribution in [-0.2, 0) is 11.3 Å². The lowest BCUT2D eigenvalue weighted by Gasteiger charge is -2.20. The number of aromatic nitrogens is 4. The molecule has 3 rings (SSSR count). The van der Waals surface area contributed by atoms with Gasteiger partial charge in [-0.05, 0) is 27.1 Å². The van der Waals surface area contributed by atoms with Crippen LogP contribution in [0.15, 0.2) is 37.3 Å². The second kappa shape index (κ2) is 13.3. The van der Waals surface area contributed by atoms with Gasteiger partial charge in [0, 0.05) is 25.2 Å². The van der Waals surface area contributed by atoms with Crippen LogP contribution in [0.25, 0.3) is 0 Å². The van der Waals surface area contributed by atoms with Gasteiger partial charge in [-0.15, -0.1) is 0 Å². The summed E-state index contributed by atoms with van der Waals surface area (Å²) in [6.45, 7) is 6.12. The van der Waals surface area contributed by atoms with Gasteiger partial charge in [0.05, 0.1) is 32.6 Å². The Balaban J connectivity index is 1.85. The predicted octanol–water partition coefficient (Wildman–Crippen LogP) is 4.48. The molecule has 0 aliphatic rings. The van der Waals surface area contributed by atoms with E-state index in [2.05, 4.69) is 49.4 Å². The van der Waals surface area contributed by atoms with Crippen LogP contribution in [0.3, 0.4) is 0 Å². The number of amides is 3. The van der Waals surface area contributed by atoms with Crippen molar-refractivity contribution in [2.45, 2.75) is 19.5 Å². The van der Waals surface area contributed by atoms with E-state index in [4.69, 9.17) is 32.7 Å². The zero-order valence-corrected chi connectivity index (χ0v) is 24.5. The molecule has 0 fully saturated rings. The van der Waals surface area contributed by atoms with E-state index in [0.29, 0.717) is 23.9 Å². The van der Waals surface area contributed by atoms with Crippen LogP contribution in [0.2, 0.25) is 10.0 Å². The standard InChI is InChI=1S/C25H31Cl2N9O4/c1-8-20(37)30-15-12-36(11-14(2)34(3)4)33-24(15)31-18-10-19(29-13-28-18)35(5)25(38)32-23-21(26)16(39-6)9-17(40-7)22(23)27/h8-10,12-14H,1,11H2,2-7H3,(H,30,37)(H,32,38)(H,28,29,31,33). The van der Waals surface area contributed by atoms with E-state index in [-0.39, 0.29) is 39.1 Å². The van der Waals surface area contributed by atoms with E-state index in [9.17, 15) is 9.59 Å².